The molecule has 0 aromatic heterocycles. The molecule has 3 atom stereocenters. The number of nitrogens with zero attached hydrogens (tertiary/aromatic N) is 1. The highest BCUT2D eigenvalue weighted by atomic mass is 32.2. The third-order valence-electron chi connectivity index (χ3n) is 3.68. The van der Waals surface area contributed by atoms with E-state index in [9.17, 15) is 5.11 Å². The summed E-state index contributed by atoms with van der Waals surface area (Å²) in [5, 5.41) is 9.84. The van der Waals surface area contributed by atoms with Gasteiger partial charge in [0.15, 0.2) is 0 Å². The summed E-state index contributed by atoms with van der Waals surface area (Å²) < 4.78 is 0. The van der Waals surface area contributed by atoms with Crippen molar-refractivity contribution in [1.82, 2.24) is 4.90 Å². The predicted octanol–water partition coefficient (Wildman–Crippen LogP) is 1.73. The lowest BCUT2D eigenvalue weighted by molar-refractivity contribution is 0.0638. The van der Waals surface area contributed by atoms with Crippen molar-refractivity contribution in [2.75, 3.05) is 18.6 Å². The Bertz CT molecular complexity index is 182. The predicted molar refractivity (Wildman–Crippen MR) is 61.8 cm³/mol. The maximum Gasteiger partial charge on any atom is 0.0695 e. The van der Waals surface area contributed by atoms with Crippen LogP contribution in [0, 0.1) is 0 Å². The van der Waals surface area contributed by atoms with Crippen molar-refractivity contribution >= 4 is 11.8 Å². The Morgan fingerprint density at radius 1 is 1.21 bits per heavy atom. The largest absolute Gasteiger partial charge is 0.391 e. The van der Waals surface area contributed by atoms with Gasteiger partial charge in [0.05, 0.1) is 6.10 Å². The van der Waals surface area contributed by atoms with Crippen molar-refractivity contribution in [2.24, 2.45) is 0 Å². The lowest BCUT2D eigenvalue weighted by Gasteiger charge is -2.36. The number of aliphatic hydroxyl groups is 1. The van der Waals surface area contributed by atoms with Crippen LogP contribution in [0.25, 0.3) is 0 Å². The Balaban J connectivity index is 1.89. The van der Waals surface area contributed by atoms with E-state index in [0.29, 0.717) is 12.1 Å². The van der Waals surface area contributed by atoms with Gasteiger partial charge in [-0.05, 0) is 44.9 Å². The summed E-state index contributed by atoms with van der Waals surface area (Å²) in [6, 6.07) is 1.16. The highest BCUT2D eigenvalue weighted by Crippen LogP contribution is 2.28. The zero-order valence-electron chi connectivity index (χ0n) is 8.98. The van der Waals surface area contributed by atoms with Crippen LogP contribution in [-0.2, 0) is 0 Å². The zero-order valence-corrected chi connectivity index (χ0v) is 9.80. The van der Waals surface area contributed by atoms with Gasteiger partial charge in [0.25, 0.3) is 0 Å². The molecule has 2 fully saturated rings. The molecular weight excluding hydrogens is 194 g/mol. The lowest BCUT2D eigenvalue weighted by Crippen LogP contribution is -2.46. The summed E-state index contributed by atoms with van der Waals surface area (Å²) in [6.45, 7) is 0. The first-order chi connectivity index (χ1) is 6.79. The van der Waals surface area contributed by atoms with Crippen LogP contribution < -0.4 is 0 Å². The summed E-state index contributed by atoms with van der Waals surface area (Å²) in [4.78, 5) is 2.45. The quantitative estimate of drug-likeness (QED) is 0.759. The molecule has 1 aliphatic carbocycles. The molecule has 3 heteroatoms. The number of rotatable bonds is 2. The molecule has 2 rings (SSSR count). The molecule has 14 heavy (non-hydrogen) atoms. The summed E-state index contributed by atoms with van der Waals surface area (Å²) in [5.74, 6) is 2.59. The molecule has 1 aliphatic heterocycles. The fourth-order valence-corrected chi connectivity index (χ4v) is 3.92. The number of hydrogen-bond donors (Lipinski definition) is 1. The van der Waals surface area contributed by atoms with Crippen LogP contribution in [0.5, 0.6) is 0 Å². The number of likely N-dealkylation sites (N-methyl/N-ethyl adjacent to an activating group) is 1. The fourth-order valence-electron chi connectivity index (χ4n) is 2.71. The normalized spacial score (nSPS) is 39.2. The Morgan fingerprint density at radius 3 is 2.64 bits per heavy atom. The second-order valence-electron chi connectivity index (χ2n) is 4.60. The first-order valence-corrected chi connectivity index (χ1v) is 6.92. The zero-order chi connectivity index (χ0) is 9.97. The lowest BCUT2D eigenvalue weighted by atomic mass is 10.1. The second-order valence-corrected chi connectivity index (χ2v) is 5.75. The summed E-state index contributed by atoms with van der Waals surface area (Å²) >= 11 is 2.07. The van der Waals surface area contributed by atoms with E-state index < -0.39 is 0 Å². The van der Waals surface area contributed by atoms with Crippen molar-refractivity contribution in [1.29, 1.82) is 0 Å². The number of aliphatic hydroxyl groups excluding tert-OH is 1. The monoisotopic (exact) mass is 215 g/mol. The highest BCUT2D eigenvalue weighted by molar-refractivity contribution is 7.99. The van der Waals surface area contributed by atoms with E-state index in [0.717, 1.165) is 6.42 Å². The van der Waals surface area contributed by atoms with Gasteiger partial charge >= 0.3 is 0 Å². The average Bonchev–Trinajstić information content (AvgIpc) is 2.65. The van der Waals surface area contributed by atoms with Gasteiger partial charge in [-0.1, -0.05) is 0 Å². The van der Waals surface area contributed by atoms with Gasteiger partial charge < -0.3 is 5.11 Å². The van der Waals surface area contributed by atoms with Gasteiger partial charge in [0, 0.05) is 17.8 Å². The molecule has 0 radical (unpaired) electrons. The first-order valence-electron chi connectivity index (χ1n) is 5.77. The Labute approximate surface area is 91.1 Å². The molecule has 82 valence electrons. The van der Waals surface area contributed by atoms with Crippen molar-refractivity contribution < 1.29 is 5.11 Å². The molecule has 1 heterocycles. The fraction of sp³-hybridized carbons (Fsp3) is 1.00. The molecule has 1 saturated carbocycles. The Kier molecular flexibility index (Phi) is 3.74. The minimum Gasteiger partial charge on any atom is -0.391 e. The average molecular weight is 215 g/mol. The SMILES string of the molecule is CN(C1CCCSC1)[C@H]1CCC[C@@H]1O. The van der Waals surface area contributed by atoms with E-state index >= 15 is 0 Å². The minimum absolute atomic E-state index is 0.0630. The molecule has 0 bridgehead atoms. The molecule has 1 N–H and O–H groups in total. The van der Waals surface area contributed by atoms with Crippen molar-refractivity contribution in [3.63, 3.8) is 0 Å². The summed E-state index contributed by atoms with van der Waals surface area (Å²) in [5.41, 5.74) is 0. The third kappa shape index (κ3) is 2.26. The highest BCUT2D eigenvalue weighted by Gasteiger charge is 2.32. The Morgan fingerprint density at radius 2 is 2.07 bits per heavy atom. The molecule has 1 saturated heterocycles. The van der Waals surface area contributed by atoms with Gasteiger partial charge in [0.1, 0.15) is 0 Å². The van der Waals surface area contributed by atoms with Gasteiger partial charge in [-0.2, -0.15) is 11.8 Å². The summed E-state index contributed by atoms with van der Waals surface area (Å²) in [7, 11) is 2.20. The van der Waals surface area contributed by atoms with Gasteiger partial charge in [-0.25, -0.2) is 0 Å². The van der Waals surface area contributed by atoms with E-state index in [1.807, 2.05) is 0 Å². The van der Waals surface area contributed by atoms with E-state index in [1.165, 1.54) is 37.2 Å². The molecule has 2 aliphatic rings. The van der Waals surface area contributed by atoms with Gasteiger partial charge in [0.2, 0.25) is 0 Å². The standard InChI is InChI=1S/C11H21NOS/c1-12(9-4-3-7-14-8-9)10-5-2-6-11(10)13/h9-11,13H,2-8H2,1H3/t9?,10-,11-/m0/s1. The van der Waals surface area contributed by atoms with Crippen LogP contribution in [0.1, 0.15) is 32.1 Å². The van der Waals surface area contributed by atoms with Crippen molar-refractivity contribution in [3.8, 4) is 0 Å². The molecule has 1 unspecified atom stereocenters. The molecule has 0 amide bonds. The molecule has 0 aromatic carbocycles. The third-order valence-corrected chi connectivity index (χ3v) is 4.88. The maximum absolute atomic E-state index is 9.84. The van der Waals surface area contributed by atoms with Crippen LogP contribution in [0.3, 0.4) is 0 Å². The molecular formula is C11H21NOS. The number of hydrogen-bond acceptors (Lipinski definition) is 3. The smallest absolute Gasteiger partial charge is 0.0695 e. The van der Waals surface area contributed by atoms with Crippen molar-refractivity contribution in [2.45, 2.75) is 50.3 Å². The van der Waals surface area contributed by atoms with Gasteiger partial charge in [-0.15, -0.1) is 0 Å². The van der Waals surface area contributed by atoms with Crippen LogP contribution >= 0.6 is 11.8 Å². The van der Waals surface area contributed by atoms with Crippen LogP contribution in [0.15, 0.2) is 0 Å². The van der Waals surface area contributed by atoms with E-state index in [2.05, 4.69) is 23.7 Å². The van der Waals surface area contributed by atoms with E-state index in [1.54, 1.807) is 0 Å². The van der Waals surface area contributed by atoms with E-state index in [4.69, 9.17) is 0 Å². The summed E-state index contributed by atoms with van der Waals surface area (Å²) in [6.07, 6.45) is 6.02. The number of thioether (sulfide) groups is 1. The maximum atomic E-state index is 9.84. The minimum atomic E-state index is -0.0630. The van der Waals surface area contributed by atoms with Crippen molar-refractivity contribution in [3.05, 3.63) is 0 Å². The molecule has 0 aromatic rings. The van der Waals surface area contributed by atoms with E-state index in [-0.39, 0.29) is 6.10 Å². The molecule has 0 spiro atoms. The van der Waals surface area contributed by atoms with Crippen LogP contribution in [-0.4, -0.2) is 46.7 Å². The topological polar surface area (TPSA) is 23.5 Å². The molecule has 2 nitrogen and oxygen atoms in total. The van der Waals surface area contributed by atoms with Gasteiger partial charge in [-0.3, -0.25) is 4.90 Å². The van der Waals surface area contributed by atoms with Crippen LogP contribution in [0.4, 0.5) is 0 Å². The Hall–Kier alpha value is 0.270. The second kappa shape index (κ2) is 4.86. The van der Waals surface area contributed by atoms with Crippen LogP contribution in [0.2, 0.25) is 0 Å². The first kappa shape index (κ1) is 10.8.